The molecule has 0 aliphatic carbocycles. The van der Waals surface area contributed by atoms with Gasteiger partial charge in [0, 0.05) is 18.7 Å². The summed E-state index contributed by atoms with van der Waals surface area (Å²) in [5.41, 5.74) is 7.06. The standard InChI is InChI=1S/C13H18N2O3S2/c1-9-7-11(3-4-12(9)13(14)19)20(16,17)15-5-6-18-10(2)8-15/h3-4,7,10H,5-6,8H2,1-2H3,(H2,14,19). The molecule has 1 aromatic carbocycles. The molecule has 5 nitrogen and oxygen atoms in total. The van der Waals surface area contributed by atoms with Crippen molar-refractivity contribution in [3.63, 3.8) is 0 Å². The van der Waals surface area contributed by atoms with E-state index in [9.17, 15) is 8.42 Å². The van der Waals surface area contributed by atoms with Gasteiger partial charge in [0.1, 0.15) is 4.99 Å². The van der Waals surface area contributed by atoms with Crippen LogP contribution in [0.15, 0.2) is 23.1 Å². The van der Waals surface area contributed by atoms with Crippen molar-refractivity contribution < 1.29 is 13.2 Å². The monoisotopic (exact) mass is 314 g/mol. The summed E-state index contributed by atoms with van der Waals surface area (Å²) in [5, 5.41) is 0. The van der Waals surface area contributed by atoms with Crippen LogP contribution < -0.4 is 5.73 Å². The van der Waals surface area contributed by atoms with Crippen LogP contribution in [0.3, 0.4) is 0 Å². The first kappa shape index (κ1) is 15.4. The van der Waals surface area contributed by atoms with Gasteiger partial charge in [0.25, 0.3) is 0 Å². The Hall–Kier alpha value is -1.02. The van der Waals surface area contributed by atoms with E-state index in [1.165, 1.54) is 4.31 Å². The highest BCUT2D eigenvalue weighted by Gasteiger charge is 2.29. The first-order valence-electron chi connectivity index (χ1n) is 6.34. The number of hydrogen-bond donors (Lipinski definition) is 1. The van der Waals surface area contributed by atoms with E-state index < -0.39 is 10.0 Å². The van der Waals surface area contributed by atoms with E-state index in [1.54, 1.807) is 25.1 Å². The minimum atomic E-state index is -3.49. The molecule has 1 heterocycles. The number of rotatable bonds is 3. The molecule has 110 valence electrons. The molecule has 0 aromatic heterocycles. The van der Waals surface area contributed by atoms with E-state index in [2.05, 4.69) is 0 Å². The van der Waals surface area contributed by atoms with Gasteiger partial charge >= 0.3 is 0 Å². The minimum absolute atomic E-state index is 0.0875. The number of aryl methyl sites for hydroxylation is 1. The van der Waals surface area contributed by atoms with Crippen LogP contribution in [-0.4, -0.2) is 43.5 Å². The second-order valence-electron chi connectivity index (χ2n) is 4.89. The van der Waals surface area contributed by atoms with Crippen LogP contribution >= 0.6 is 12.2 Å². The van der Waals surface area contributed by atoms with Crippen LogP contribution in [0.4, 0.5) is 0 Å². The number of ether oxygens (including phenoxy) is 1. The van der Waals surface area contributed by atoms with Gasteiger partial charge in [-0.15, -0.1) is 0 Å². The van der Waals surface area contributed by atoms with Crippen LogP contribution in [0.5, 0.6) is 0 Å². The molecule has 0 bridgehead atoms. The summed E-state index contributed by atoms with van der Waals surface area (Å²) >= 11 is 4.93. The van der Waals surface area contributed by atoms with Gasteiger partial charge in [-0.25, -0.2) is 8.42 Å². The predicted molar refractivity (Wildman–Crippen MR) is 81.2 cm³/mol. The summed E-state index contributed by atoms with van der Waals surface area (Å²) in [6, 6.07) is 4.83. The largest absolute Gasteiger partial charge is 0.389 e. The van der Waals surface area contributed by atoms with Crippen LogP contribution in [0, 0.1) is 6.92 Å². The van der Waals surface area contributed by atoms with Crippen LogP contribution in [0.2, 0.25) is 0 Å². The third-order valence-corrected chi connectivity index (χ3v) is 5.39. The SMILES string of the molecule is Cc1cc(S(=O)(=O)N2CCOC(C)C2)ccc1C(N)=S. The van der Waals surface area contributed by atoms with Crippen LogP contribution in [-0.2, 0) is 14.8 Å². The summed E-state index contributed by atoms with van der Waals surface area (Å²) < 4.78 is 32.0. The van der Waals surface area contributed by atoms with Crippen molar-refractivity contribution in [1.29, 1.82) is 0 Å². The second kappa shape index (κ2) is 5.77. The topological polar surface area (TPSA) is 72.6 Å². The third-order valence-electron chi connectivity index (χ3n) is 3.30. The molecule has 2 rings (SSSR count). The van der Waals surface area contributed by atoms with Crippen molar-refractivity contribution in [2.75, 3.05) is 19.7 Å². The maximum atomic E-state index is 12.6. The molecule has 7 heteroatoms. The number of sulfonamides is 1. The quantitative estimate of drug-likeness (QED) is 0.844. The lowest BCUT2D eigenvalue weighted by Crippen LogP contribution is -2.44. The first-order chi connectivity index (χ1) is 9.32. The lowest BCUT2D eigenvalue weighted by molar-refractivity contribution is 0.0102. The molecule has 0 saturated carbocycles. The Bertz CT molecular complexity index is 629. The number of morpholine rings is 1. The van der Waals surface area contributed by atoms with Gasteiger partial charge < -0.3 is 10.5 Å². The van der Waals surface area contributed by atoms with Gasteiger partial charge in [0.05, 0.1) is 17.6 Å². The van der Waals surface area contributed by atoms with Crippen molar-refractivity contribution in [1.82, 2.24) is 4.31 Å². The Balaban J connectivity index is 2.34. The summed E-state index contributed by atoms with van der Waals surface area (Å²) in [4.78, 5) is 0.538. The molecule has 1 atom stereocenters. The van der Waals surface area contributed by atoms with E-state index in [1.807, 2.05) is 6.92 Å². The molecular formula is C13H18N2O3S2. The fraction of sp³-hybridized carbons (Fsp3) is 0.462. The molecule has 1 fully saturated rings. The first-order valence-corrected chi connectivity index (χ1v) is 8.19. The van der Waals surface area contributed by atoms with Gasteiger partial charge in [0.2, 0.25) is 10.0 Å². The van der Waals surface area contributed by atoms with Crippen LogP contribution in [0.1, 0.15) is 18.1 Å². The van der Waals surface area contributed by atoms with E-state index >= 15 is 0 Å². The van der Waals surface area contributed by atoms with Crippen molar-refractivity contribution in [3.8, 4) is 0 Å². The van der Waals surface area contributed by atoms with Gasteiger partial charge in [-0.1, -0.05) is 18.3 Å². The normalized spacial score (nSPS) is 20.8. The average Bonchev–Trinajstić information content (AvgIpc) is 2.38. The molecule has 1 saturated heterocycles. The Kier molecular flexibility index (Phi) is 4.43. The van der Waals surface area contributed by atoms with Gasteiger partial charge in [-0.05, 0) is 31.5 Å². The summed E-state index contributed by atoms with van der Waals surface area (Å²) in [7, 11) is -3.49. The van der Waals surface area contributed by atoms with Crippen molar-refractivity contribution in [2.24, 2.45) is 5.73 Å². The summed E-state index contributed by atoms with van der Waals surface area (Å²) in [6.45, 7) is 4.84. The Morgan fingerprint density at radius 2 is 2.20 bits per heavy atom. The molecule has 1 unspecified atom stereocenters. The second-order valence-corrected chi connectivity index (χ2v) is 7.26. The maximum absolute atomic E-state index is 12.6. The van der Waals surface area contributed by atoms with E-state index in [0.29, 0.717) is 25.3 Å². The zero-order chi connectivity index (χ0) is 14.9. The van der Waals surface area contributed by atoms with Crippen molar-refractivity contribution in [3.05, 3.63) is 29.3 Å². The Labute approximate surface area is 124 Å². The fourth-order valence-corrected chi connectivity index (χ4v) is 4.04. The van der Waals surface area contributed by atoms with Crippen molar-refractivity contribution >= 4 is 27.2 Å². The number of benzene rings is 1. The summed E-state index contributed by atoms with van der Waals surface area (Å²) in [5.74, 6) is 0. The van der Waals surface area contributed by atoms with E-state index in [-0.39, 0.29) is 16.0 Å². The molecular weight excluding hydrogens is 296 g/mol. The third kappa shape index (κ3) is 3.01. The minimum Gasteiger partial charge on any atom is -0.389 e. The smallest absolute Gasteiger partial charge is 0.243 e. The van der Waals surface area contributed by atoms with E-state index in [0.717, 1.165) is 5.56 Å². The fourth-order valence-electron chi connectivity index (χ4n) is 2.23. The van der Waals surface area contributed by atoms with Crippen LogP contribution in [0.25, 0.3) is 0 Å². The summed E-state index contributed by atoms with van der Waals surface area (Å²) in [6.07, 6.45) is -0.0875. The molecule has 0 spiro atoms. The number of nitrogens with zero attached hydrogens (tertiary/aromatic N) is 1. The zero-order valence-electron chi connectivity index (χ0n) is 11.5. The highest BCUT2D eigenvalue weighted by molar-refractivity contribution is 7.89. The predicted octanol–water partition coefficient (Wildman–Crippen LogP) is 1.04. The van der Waals surface area contributed by atoms with Gasteiger partial charge in [0.15, 0.2) is 0 Å². The number of thiocarbonyl (C=S) groups is 1. The van der Waals surface area contributed by atoms with E-state index in [4.69, 9.17) is 22.7 Å². The Morgan fingerprint density at radius 1 is 1.50 bits per heavy atom. The highest BCUT2D eigenvalue weighted by atomic mass is 32.2. The lowest BCUT2D eigenvalue weighted by Gasteiger charge is -2.30. The molecule has 2 N–H and O–H groups in total. The number of nitrogens with two attached hydrogens (primary N) is 1. The molecule has 1 aliphatic heterocycles. The zero-order valence-corrected chi connectivity index (χ0v) is 13.1. The lowest BCUT2D eigenvalue weighted by atomic mass is 10.1. The molecule has 0 amide bonds. The molecule has 1 aliphatic rings. The highest BCUT2D eigenvalue weighted by Crippen LogP contribution is 2.21. The average molecular weight is 314 g/mol. The Morgan fingerprint density at radius 3 is 2.75 bits per heavy atom. The molecule has 0 radical (unpaired) electrons. The van der Waals surface area contributed by atoms with Gasteiger partial charge in [-0.3, -0.25) is 0 Å². The van der Waals surface area contributed by atoms with Gasteiger partial charge in [-0.2, -0.15) is 4.31 Å². The number of hydrogen-bond acceptors (Lipinski definition) is 4. The van der Waals surface area contributed by atoms with Crippen molar-refractivity contribution in [2.45, 2.75) is 24.8 Å². The maximum Gasteiger partial charge on any atom is 0.243 e. The molecule has 20 heavy (non-hydrogen) atoms. The molecule has 1 aromatic rings.